The SMILES string of the molecule is Clc1nc(NCc2ccncc2)c2c3c(sc2n1)CCC3. The van der Waals surface area contributed by atoms with Crippen molar-refractivity contribution >= 4 is 39.0 Å². The second kappa shape index (κ2) is 5.24. The Morgan fingerprint density at radius 2 is 2.05 bits per heavy atom. The van der Waals surface area contributed by atoms with Crippen LogP contribution in [0.25, 0.3) is 10.2 Å². The average Bonchev–Trinajstić information content (AvgIpc) is 3.06. The molecule has 0 spiro atoms. The molecule has 4 rings (SSSR count). The smallest absolute Gasteiger partial charge is 0.225 e. The molecule has 1 N–H and O–H groups in total. The molecule has 0 unspecified atom stereocenters. The van der Waals surface area contributed by atoms with Crippen molar-refractivity contribution in [1.29, 1.82) is 0 Å². The van der Waals surface area contributed by atoms with Crippen LogP contribution in [0.2, 0.25) is 5.28 Å². The van der Waals surface area contributed by atoms with Crippen molar-refractivity contribution in [2.45, 2.75) is 25.8 Å². The number of pyridine rings is 1. The molecule has 1 aliphatic rings. The lowest BCUT2D eigenvalue weighted by Crippen LogP contribution is -2.03. The van der Waals surface area contributed by atoms with Crippen LogP contribution in [0.5, 0.6) is 0 Å². The first-order chi connectivity index (χ1) is 10.3. The second-order valence-electron chi connectivity index (χ2n) is 5.09. The quantitative estimate of drug-likeness (QED) is 0.746. The van der Waals surface area contributed by atoms with Gasteiger partial charge in [-0.05, 0) is 54.1 Å². The molecule has 4 nitrogen and oxygen atoms in total. The van der Waals surface area contributed by atoms with Crippen LogP contribution in [0.15, 0.2) is 24.5 Å². The van der Waals surface area contributed by atoms with Crippen LogP contribution in [0.4, 0.5) is 5.82 Å². The largest absolute Gasteiger partial charge is 0.365 e. The van der Waals surface area contributed by atoms with Crippen molar-refractivity contribution < 1.29 is 0 Å². The van der Waals surface area contributed by atoms with E-state index in [9.17, 15) is 0 Å². The molecule has 106 valence electrons. The maximum absolute atomic E-state index is 6.06. The molecule has 1 aliphatic carbocycles. The Morgan fingerprint density at radius 3 is 2.90 bits per heavy atom. The zero-order valence-electron chi connectivity index (χ0n) is 11.3. The molecule has 0 aromatic carbocycles. The molecule has 21 heavy (non-hydrogen) atoms. The van der Waals surface area contributed by atoms with E-state index in [1.54, 1.807) is 23.7 Å². The summed E-state index contributed by atoms with van der Waals surface area (Å²) >= 11 is 7.81. The molecule has 0 atom stereocenters. The van der Waals surface area contributed by atoms with Crippen LogP contribution in [0.3, 0.4) is 0 Å². The van der Waals surface area contributed by atoms with Gasteiger partial charge in [0.05, 0.1) is 5.39 Å². The molecular weight excluding hydrogens is 304 g/mol. The van der Waals surface area contributed by atoms with E-state index < -0.39 is 0 Å². The number of aryl methyl sites for hydroxylation is 2. The van der Waals surface area contributed by atoms with Gasteiger partial charge in [0.15, 0.2) is 0 Å². The van der Waals surface area contributed by atoms with Crippen molar-refractivity contribution in [2.75, 3.05) is 5.32 Å². The van der Waals surface area contributed by atoms with Crippen molar-refractivity contribution in [1.82, 2.24) is 15.0 Å². The predicted molar refractivity (Wildman–Crippen MR) is 86.0 cm³/mol. The standard InChI is InChI=1S/C15H13ClN4S/c16-15-19-13(18-8-9-4-6-17-7-5-9)12-10-2-1-3-11(10)21-14(12)20-15/h4-7H,1-3,8H2,(H,18,19,20). The minimum Gasteiger partial charge on any atom is -0.365 e. The number of anilines is 1. The summed E-state index contributed by atoms with van der Waals surface area (Å²) in [6.45, 7) is 0.704. The monoisotopic (exact) mass is 316 g/mol. The number of nitrogens with zero attached hydrogens (tertiary/aromatic N) is 3. The van der Waals surface area contributed by atoms with E-state index in [1.807, 2.05) is 12.1 Å². The Hall–Kier alpha value is -1.72. The van der Waals surface area contributed by atoms with Gasteiger partial charge in [0.2, 0.25) is 5.28 Å². The fourth-order valence-electron chi connectivity index (χ4n) is 2.78. The highest BCUT2D eigenvalue weighted by Gasteiger charge is 2.21. The van der Waals surface area contributed by atoms with Gasteiger partial charge in [-0.2, -0.15) is 0 Å². The van der Waals surface area contributed by atoms with Gasteiger partial charge in [-0.1, -0.05) is 0 Å². The van der Waals surface area contributed by atoms with E-state index in [1.165, 1.54) is 22.4 Å². The molecule has 0 bridgehead atoms. The van der Waals surface area contributed by atoms with E-state index >= 15 is 0 Å². The van der Waals surface area contributed by atoms with Crippen LogP contribution in [-0.2, 0) is 19.4 Å². The Balaban J connectivity index is 1.73. The molecule has 0 fully saturated rings. The van der Waals surface area contributed by atoms with Gasteiger partial charge in [-0.3, -0.25) is 4.98 Å². The zero-order chi connectivity index (χ0) is 14.2. The fraction of sp³-hybridized carbons (Fsp3) is 0.267. The third-order valence-corrected chi connectivity index (χ3v) is 5.10. The Kier molecular flexibility index (Phi) is 3.24. The second-order valence-corrected chi connectivity index (χ2v) is 6.51. The highest BCUT2D eigenvalue weighted by molar-refractivity contribution is 7.19. The lowest BCUT2D eigenvalue weighted by Gasteiger charge is -2.08. The van der Waals surface area contributed by atoms with Gasteiger partial charge in [0, 0.05) is 23.8 Å². The molecule has 3 heterocycles. The number of thiophene rings is 1. The Bertz CT molecular complexity index is 800. The Morgan fingerprint density at radius 1 is 1.19 bits per heavy atom. The number of hydrogen-bond donors (Lipinski definition) is 1. The number of aromatic nitrogens is 3. The number of hydrogen-bond acceptors (Lipinski definition) is 5. The summed E-state index contributed by atoms with van der Waals surface area (Å²) in [5.74, 6) is 0.848. The molecule has 0 saturated carbocycles. The first-order valence-electron chi connectivity index (χ1n) is 6.92. The normalized spacial score (nSPS) is 13.6. The van der Waals surface area contributed by atoms with Crippen molar-refractivity contribution in [2.24, 2.45) is 0 Å². The first kappa shape index (κ1) is 13.0. The van der Waals surface area contributed by atoms with Gasteiger partial charge in [-0.25, -0.2) is 9.97 Å². The maximum atomic E-state index is 6.06. The third kappa shape index (κ3) is 2.36. The summed E-state index contributed by atoms with van der Waals surface area (Å²) in [7, 11) is 0. The number of rotatable bonds is 3. The molecule has 6 heteroatoms. The topological polar surface area (TPSA) is 50.7 Å². The minimum atomic E-state index is 0.305. The highest BCUT2D eigenvalue weighted by atomic mass is 35.5. The average molecular weight is 317 g/mol. The maximum Gasteiger partial charge on any atom is 0.225 e. The lowest BCUT2D eigenvalue weighted by atomic mass is 10.2. The van der Waals surface area contributed by atoms with Crippen LogP contribution < -0.4 is 5.32 Å². The molecule has 0 radical (unpaired) electrons. The minimum absolute atomic E-state index is 0.305. The van der Waals surface area contributed by atoms with Gasteiger partial charge in [-0.15, -0.1) is 11.3 Å². The van der Waals surface area contributed by atoms with Crippen molar-refractivity contribution in [3.8, 4) is 0 Å². The molecular formula is C15H13ClN4S. The summed E-state index contributed by atoms with van der Waals surface area (Å²) in [5, 5.41) is 4.87. The van der Waals surface area contributed by atoms with E-state index in [-0.39, 0.29) is 0 Å². The third-order valence-electron chi connectivity index (χ3n) is 3.75. The van der Waals surface area contributed by atoms with E-state index in [0.29, 0.717) is 11.8 Å². The summed E-state index contributed by atoms with van der Waals surface area (Å²) in [5.41, 5.74) is 2.57. The van der Waals surface area contributed by atoms with Crippen LogP contribution in [-0.4, -0.2) is 15.0 Å². The highest BCUT2D eigenvalue weighted by Crippen LogP contribution is 2.39. The van der Waals surface area contributed by atoms with Gasteiger partial charge < -0.3 is 5.32 Å². The number of fused-ring (bicyclic) bond motifs is 3. The van der Waals surface area contributed by atoms with Crippen LogP contribution >= 0.6 is 22.9 Å². The van der Waals surface area contributed by atoms with Crippen molar-refractivity contribution in [3.05, 3.63) is 45.8 Å². The number of nitrogens with one attached hydrogen (secondary N) is 1. The summed E-state index contributed by atoms with van der Waals surface area (Å²) in [6.07, 6.45) is 7.08. The summed E-state index contributed by atoms with van der Waals surface area (Å²) < 4.78 is 0. The van der Waals surface area contributed by atoms with E-state index in [0.717, 1.165) is 28.9 Å². The fourth-order valence-corrected chi connectivity index (χ4v) is 4.26. The van der Waals surface area contributed by atoms with Crippen LogP contribution in [0.1, 0.15) is 22.4 Å². The predicted octanol–water partition coefficient (Wildman–Crippen LogP) is 3.84. The zero-order valence-corrected chi connectivity index (χ0v) is 12.8. The Labute approximate surface area is 131 Å². The number of halogens is 1. The van der Waals surface area contributed by atoms with E-state index in [2.05, 4.69) is 20.3 Å². The summed E-state index contributed by atoms with van der Waals surface area (Å²) in [6, 6.07) is 3.98. The molecule has 3 aromatic rings. The van der Waals surface area contributed by atoms with Crippen molar-refractivity contribution in [3.63, 3.8) is 0 Å². The van der Waals surface area contributed by atoms with Gasteiger partial charge in [0.25, 0.3) is 0 Å². The molecule has 0 saturated heterocycles. The molecule has 3 aromatic heterocycles. The van der Waals surface area contributed by atoms with Gasteiger partial charge in [0.1, 0.15) is 10.6 Å². The van der Waals surface area contributed by atoms with Gasteiger partial charge >= 0.3 is 0 Å². The summed E-state index contributed by atoms with van der Waals surface area (Å²) in [4.78, 5) is 15.2. The lowest BCUT2D eigenvalue weighted by molar-refractivity contribution is 0.917. The van der Waals surface area contributed by atoms with Crippen LogP contribution in [0, 0.1) is 0 Å². The first-order valence-corrected chi connectivity index (χ1v) is 8.11. The molecule has 0 aliphatic heterocycles. The van der Waals surface area contributed by atoms with E-state index in [4.69, 9.17) is 11.6 Å². The molecule has 0 amide bonds.